The second-order valence-electron chi connectivity index (χ2n) is 3.63. The van der Waals surface area contributed by atoms with Crippen molar-refractivity contribution in [3.8, 4) is 0 Å². The molecule has 0 radical (unpaired) electrons. The third kappa shape index (κ3) is 2.79. The Labute approximate surface area is 103 Å². The van der Waals surface area contributed by atoms with Crippen molar-refractivity contribution in [3.05, 3.63) is 29.8 Å². The van der Waals surface area contributed by atoms with E-state index in [-0.39, 0.29) is 0 Å². The molecule has 0 saturated heterocycles. The number of aromatic nitrogens is 2. The van der Waals surface area contributed by atoms with Gasteiger partial charge in [0.1, 0.15) is 11.6 Å². The van der Waals surface area contributed by atoms with Crippen LogP contribution in [-0.4, -0.2) is 9.97 Å². The van der Waals surface area contributed by atoms with Crippen LogP contribution in [0.15, 0.2) is 34.3 Å². The number of nitrogen functional groups attached to an aromatic ring is 3. The van der Waals surface area contributed by atoms with E-state index in [0.717, 1.165) is 10.5 Å². The fourth-order valence-corrected chi connectivity index (χ4v) is 2.26. The molecule has 0 aliphatic carbocycles. The molecule has 5 nitrogen and oxygen atoms in total. The van der Waals surface area contributed by atoms with Gasteiger partial charge in [0, 0.05) is 16.6 Å². The van der Waals surface area contributed by atoms with Crippen LogP contribution < -0.4 is 17.2 Å². The average Bonchev–Trinajstić information content (AvgIpc) is 2.22. The smallest absolute Gasteiger partial charge is 0.196 e. The maximum absolute atomic E-state index is 5.74. The molecule has 2 rings (SSSR count). The summed E-state index contributed by atoms with van der Waals surface area (Å²) in [5.74, 6) is 0.725. The largest absolute Gasteiger partial charge is 0.399 e. The first kappa shape index (κ1) is 11.5. The highest BCUT2D eigenvalue weighted by atomic mass is 32.2. The first-order valence-electron chi connectivity index (χ1n) is 4.98. The van der Waals surface area contributed by atoms with Crippen LogP contribution in [0.2, 0.25) is 0 Å². The van der Waals surface area contributed by atoms with Crippen molar-refractivity contribution in [1.29, 1.82) is 0 Å². The van der Waals surface area contributed by atoms with Crippen molar-refractivity contribution in [2.24, 2.45) is 0 Å². The van der Waals surface area contributed by atoms with Gasteiger partial charge >= 0.3 is 0 Å². The van der Waals surface area contributed by atoms with Crippen LogP contribution >= 0.6 is 11.8 Å². The van der Waals surface area contributed by atoms with Gasteiger partial charge in [0.25, 0.3) is 0 Å². The Morgan fingerprint density at radius 1 is 1.00 bits per heavy atom. The van der Waals surface area contributed by atoms with Crippen LogP contribution in [0, 0.1) is 6.92 Å². The molecule has 0 atom stereocenters. The number of benzene rings is 1. The van der Waals surface area contributed by atoms with Gasteiger partial charge in [-0.3, -0.25) is 0 Å². The normalized spacial score (nSPS) is 10.4. The summed E-state index contributed by atoms with van der Waals surface area (Å²) in [5.41, 5.74) is 18.8. The summed E-state index contributed by atoms with van der Waals surface area (Å²) in [6, 6.07) is 7.21. The maximum atomic E-state index is 5.74. The molecule has 1 aromatic carbocycles. The summed E-state index contributed by atoms with van der Waals surface area (Å²) in [6.45, 7) is 2.00. The van der Waals surface area contributed by atoms with Crippen LogP contribution in [0.5, 0.6) is 0 Å². The minimum atomic E-state index is 0.363. The van der Waals surface area contributed by atoms with E-state index in [1.54, 1.807) is 0 Å². The summed E-state index contributed by atoms with van der Waals surface area (Å²) < 4.78 is 0. The molecule has 1 aromatic heterocycles. The Balaban J connectivity index is 2.34. The molecule has 2 aromatic rings. The molecule has 0 amide bonds. The van der Waals surface area contributed by atoms with Crippen LogP contribution in [0.1, 0.15) is 5.56 Å². The number of rotatable bonds is 2. The van der Waals surface area contributed by atoms with E-state index in [1.165, 1.54) is 17.8 Å². The molecule has 0 aliphatic rings. The molecule has 6 N–H and O–H groups in total. The average molecular weight is 247 g/mol. The van der Waals surface area contributed by atoms with E-state index < -0.39 is 0 Å². The molecular weight excluding hydrogens is 234 g/mol. The van der Waals surface area contributed by atoms with Crippen LogP contribution in [0.4, 0.5) is 17.3 Å². The lowest BCUT2D eigenvalue weighted by Crippen LogP contribution is -1.99. The number of aryl methyl sites for hydroxylation is 1. The fourth-order valence-electron chi connectivity index (χ4n) is 1.33. The Hall–Kier alpha value is -1.95. The van der Waals surface area contributed by atoms with Crippen molar-refractivity contribution >= 4 is 29.1 Å². The zero-order valence-electron chi connectivity index (χ0n) is 9.34. The van der Waals surface area contributed by atoms with E-state index >= 15 is 0 Å². The van der Waals surface area contributed by atoms with Crippen molar-refractivity contribution in [2.75, 3.05) is 17.2 Å². The second-order valence-corrected chi connectivity index (χ2v) is 4.64. The molecule has 6 heteroatoms. The number of anilines is 3. The Morgan fingerprint density at radius 3 is 2.29 bits per heavy atom. The van der Waals surface area contributed by atoms with Crippen molar-refractivity contribution < 1.29 is 0 Å². The maximum Gasteiger partial charge on any atom is 0.196 e. The van der Waals surface area contributed by atoms with Crippen LogP contribution in [0.3, 0.4) is 0 Å². The summed E-state index contributed by atoms with van der Waals surface area (Å²) in [5, 5.41) is 0.524. The molecule has 88 valence electrons. The van der Waals surface area contributed by atoms with E-state index in [9.17, 15) is 0 Å². The van der Waals surface area contributed by atoms with Gasteiger partial charge in [0.05, 0.1) is 0 Å². The summed E-state index contributed by atoms with van der Waals surface area (Å²) >= 11 is 1.39. The zero-order valence-corrected chi connectivity index (χ0v) is 10.2. The number of hydrogen-bond donors (Lipinski definition) is 3. The monoisotopic (exact) mass is 247 g/mol. The highest BCUT2D eigenvalue weighted by Crippen LogP contribution is 2.30. The highest BCUT2D eigenvalue weighted by molar-refractivity contribution is 7.99. The standard InChI is InChI=1S/C11H13N5S/c1-6-2-3-7(12)4-8(6)17-11-15-9(13)5-10(14)16-11/h2-5H,12H2,1H3,(H4,13,14,15,16). The quantitative estimate of drug-likeness (QED) is 0.551. The molecule has 0 aliphatic heterocycles. The van der Waals surface area contributed by atoms with Crippen molar-refractivity contribution in [3.63, 3.8) is 0 Å². The van der Waals surface area contributed by atoms with Gasteiger partial charge in [-0.05, 0) is 36.4 Å². The fraction of sp³-hybridized carbons (Fsp3) is 0.0909. The number of hydrogen-bond acceptors (Lipinski definition) is 6. The van der Waals surface area contributed by atoms with Crippen LogP contribution in [-0.2, 0) is 0 Å². The predicted octanol–water partition coefficient (Wildman–Crippen LogP) is 1.68. The van der Waals surface area contributed by atoms with Crippen molar-refractivity contribution in [1.82, 2.24) is 9.97 Å². The molecule has 17 heavy (non-hydrogen) atoms. The molecule has 0 spiro atoms. The minimum Gasteiger partial charge on any atom is -0.399 e. The number of nitrogens with two attached hydrogens (primary N) is 3. The molecule has 0 bridgehead atoms. The van der Waals surface area contributed by atoms with Crippen molar-refractivity contribution in [2.45, 2.75) is 17.0 Å². The zero-order chi connectivity index (χ0) is 12.4. The van der Waals surface area contributed by atoms with E-state index in [2.05, 4.69) is 9.97 Å². The first-order valence-corrected chi connectivity index (χ1v) is 5.80. The van der Waals surface area contributed by atoms with Gasteiger partial charge in [-0.25, -0.2) is 9.97 Å². The van der Waals surface area contributed by atoms with Gasteiger partial charge in [0.2, 0.25) is 0 Å². The molecular formula is C11H13N5S. The lowest BCUT2D eigenvalue weighted by molar-refractivity contribution is 0.983. The third-order valence-electron chi connectivity index (χ3n) is 2.16. The second kappa shape index (κ2) is 4.50. The van der Waals surface area contributed by atoms with E-state index in [0.29, 0.717) is 22.5 Å². The predicted molar refractivity (Wildman–Crippen MR) is 70.6 cm³/mol. The molecule has 0 saturated carbocycles. The minimum absolute atomic E-state index is 0.363. The Kier molecular flexibility index (Phi) is 3.06. The molecule has 0 unspecified atom stereocenters. The van der Waals surface area contributed by atoms with Gasteiger partial charge in [-0.15, -0.1) is 0 Å². The molecule has 0 fully saturated rings. The molecule has 1 heterocycles. The van der Waals surface area contributed by atoms with Gasteiger partial charge in [0.15, 0.2) is 5.16 Å². The summed E-state index contributed by atoms with van der Waals surface area (Å²) in [4.78, 5) is 9.21. The summed E-state index contributed by atoms with van der Waals surface area (Å²) in [6.07, 6.45) is 0. The summed E-state index contributed by atoms with van der Waals surface area (Å²) in [7, 11) is 0. The lowest BCUT2D eigenvalue weighted by Gasteiger charge is -2.06. The topological polar surface area (TPSA) is 104 Å². The van der Waals surface area contributed by atoms with Gasteiger partial charge in [-0.2, -0.15) is 0 Å². The Bertz CT molecular complexity index is 535. The third-order valence-corrected chi connectivity index (χ3v) is 3.18. The van der Waals surface area contributed by atoms with E-state index in [4.69, 9.17) is 17.2 Å². The van der Waals surface area contributed by atoms with Crippen LogP contribution in [0.25, 0.3) is 0 Å². The van der Waals surface area contributed by atoms with Gasteiger partial charge < -0.3 is 17.2 Å². The lowest BCUT2D eigenvalue weighted by atomic mass is 10.2. The Morgan fingerprint density at radius 2 is 1.65 bits per heavy atom. The van der Waals surface area contributed by atoms with Gasteiger partial charge in [-0.1, -0.05) is 6.07 Å². The van der Waals surface area contributed by atoms with E-state index in [1.807, 2.05) is 25.1 Å². The number of nitrogens with zero attached hydrogens (tertiary/aromatic N) is 2. The highest BCUT2D eigenvalue weighted by Gasteiger charge is 2.06. The SMILES string of the molecule is Cc1ccc(N)cc1Sc1nc(N)cc(N)n1. The first-order chi connectivity index (χ1) is 8.04.